The number of nitrogens with zero attached hydrogens (tertiary/aromatic N) is 2. The van der Waals surface area contributed by atoms with E-state index in [1.807, 2.05) is 37.3 Å². The zero-order chi connectivity index (χ0) is 14.5. The van der Waals surface area contributed by atoms with Crippen molar-refractivity contribution in [1.29, 1.82) is 5.26 Å². The lowest BCUT2D eigenvalue weighted by Crippen LogP contribution is -2.23. The molecule has 0 amide bonds. The summed E-state index contributed by atoms with van der Waals surface area (Å²) < 4.78 is 0. The molecule has 0 saturated carbocycles. The summed E-state index contributed by atoms with van der Waals surface area (Å²) in [5.41, 5.74) is 9.24. The Morgan fingerprint density at radius 3 is 2.65 bits per heavy atom. The minimum Gasteiger partial charge on any atom is -0.398 e. The van der Waals surface area contributed by atoms with Gasteiger partial charge in [-0.2, -0.15) is 5.26 Å². The fraction of sp³-hybridized carbons (Fsp3) is 0.188. The van der Waals surface area contributed by atoms with Gasteiger partial charge in [0.2, 0.25) is 0 Å². The molecule has 0 aliphatic rings. The second-order valence-electron chi connectivity index (χ2n) is 4.49. The zero-order valence-electron chi connectivity index (χ0n) is 11.3. The third kappa shape index (κ3) is 3.04. The van der Waals surface area contributed by atoms with Gasteiger partial charge in [-0.25, -0.2) is 0 Å². The van der Waals surface area contributed by atoms with Crippen molar-refractivity contribution >= 4 is 23.0 Å². The van der Waals surface area contributed by atoms with E-state index < -0.39 is 0 Å². The van der Waals surface area contributed by atoms with Crippen LogP contribution in [0.1, 0.15) is 18.1 Å². The van der Waals surface area contributed by atoms with Crippen LogP contribution in [0.25, 0.3) is 0 Å². The normalized spacial score (nSPS) is 10.1. The van der Waals surface area contributed by atoms with Gasteiger partial charge in [-0.05, 0) is 36.8 Å². The van der Waals surface area contributed by atoms with Gasteiger partial charge in [0.15, 0.2) is 0 Å². The molecule has 0 saturated heterocycles. The van der Waals surface area contributed by atoms with Crippen LogP contribution in [0.15, 0.2) is 42.5 Å². The Labute approximate surface area is 124 Å². The molecule has 4 heteroatoms. The predicted molar refractivity (Wildman–Crippen MR) is 83.7 cm³/mol. The highest BCUT2D eigenvalue weighted by molar-refractivity contribution is 6.30. The number of benzene rings is 2. The second-order valence-corrected chi connectivity index (χ2v) is 4.92. The molecule has 3 nitrogen and oxygen atoms in total. The highest BCUT2D eigenvalue weighted by Gasteiger charge is 2.12. The van der Waals surface area contributed by atoms with Crippen molar-refractivity contribution in [2.45, 2.75) is 13.5 Å². The predicted octanol–water partition coefficient (Wildman–Crippen LogP) is 3.82. The van der Waals surface area contributed by atoms with E-state index in [0.29, 0.717) is 17.1 Å². The molecule has 0 atom stereocenters. The van der Waals surface area contributed by atoms with Crippen LogP contribution in [0, 0.1) is 11.3 Å². The first-order valence-corrected chi connectivity index (χ1v) is 6.81. The van der Waals surface area contributed by atoms with Crippen molar-refractivity contribution in [3.63, 3.8) is 0 Å². The lowest BCUT2D eigenvalue weighted by Gasteiger charge is -2.25. The summed E-state index contributed by atoms with van der Waals surface area (Å²) in [4.78, 5) is 2.09. The molecule has 0 aliphatic heterocycles. The molecule has 2 aromatic rings. The zero-order valence-corrected chi connectivity index (χ0v) is 12.1. The number of nitrogen functional groups attached to an aromatic ring is 1. The van der Waals surface area contributed by atoms with Gasteiger partial charge in [0.05, 0.1) is 11.3 Å². The summed E-state index contributed by atoms with van der Waals surface area (Å²) in [5.74, 6) is 0. The van der Waals surface area contributed by atoms with E-state index >= 15 is 0 Å². The molecule has 0 unspecified atom stereocenters. The fourth-order valence-electron chi connectivity index (χ4n) is 2.11. The largest absolute Gasteiger partial charge is 0.398 e. The van der Waals surface area contributed by atoms with Crippen molar-refractivity contribution in [3.05, 3.63) is 58.6 Å². The maximum atomic E-state index is 9.23. The number of hydrogen-bond donors (Lipinski definition) is 1. The molecular weight excluding hydrogens is 270 g/mol. The van der Waals surface area contributed by atoms with E-state index in [0.717, 1.165) is 23.5 Å². The van der Waals surface area contributed by atoms with Gasteiger partial charge in [-0.15, -0.1) is 0 Å². The van der Waals surface area contributed by atoms with E-state index in [1.54, 1.807) is 12.1 Å². The van der Waals surface area contributed by atoms with Crippen molar-refractivity contribution in [2.24, 2.45) is 0 Å². The molecule has 2 rings (SSSR count). The highest BCUT2D eigenvalue weighted by Crippen LogP contribution is 2.26. The monoisotopic (exact) mass is 285 g/mol. The molecule has 20 heavy (non-hydrogen) atoms. The number of para-hydroxylation sites is 1. The van der Waals surface area contributed by atoms with E-state index in [-0.39, 0.29) is 0 Å². The van der Waals surface area contributed by atoms with Crippen LogP contribution in [-0.4, -0.2) is 6.54 Å². The van der Waals surface area contributed by atoms with E-state index in [4.69, 9.17) is 17.3 Å². The maximum absolute atomic E-state index is 9.23. The van der Waals surface area contributed by atoms with Gasteiger partial charge in [0, 0.05) is 23.8 Å². The number of hydrogen-bond acceptors (Lipinski definition) is 3. The number of nitrogens with two attached hydrogens (primary N) is 1. The van der Waals surface area contributed by atoms with Gasteiger partial charge in [0.25, 0.3) is 0 Å². The average molecular weight is 286 g/mol. The minimum absolute atomic E-state index is 0.616. The van der Waals surface area contributed by atoms with E-state index in [2.05, 4.69) is 11.0 Å². The molecule has 0 bridgehead atoms. The molecule has 2 N–H and O–H groups in total. The second kappa shape index (κ2) is 6.31. The van der Waals surface area contributed by atoms with Gasteiger partial charge in [-0.3, -0.25) is 0 Å². The lowest BCUT2D eigenvalue weighted by molar-refractivity contribution is 0.832. The summed E-state index contributed by atoms with van der Waals surface area (Å²) in [6.45, 7) is 3.46. The highest BCUT2D eigenvalue weighted by atomic mass is 35.5. The lowest BCUT2D eigenvalue weighted by atomic mass is 10.1. The first-order valence-electron chi connectivity index (χ1n) is 6.43. The van der Waals surface area contributed by atoms with Crippen LogP contribution in [-0.2, 0) is 6.54 Å². The van der Waals surface area contributed by atoms with Crippen LogP contribution in [0.4, 0.5) is 11.4 Å². The number of nitriles is 1. The third-order valence-electron chi connectivity index (χ3n) is 3.22. The topological polar surface area (TPSA) is 53.0 Å². The molecule has 2 aromatic carbocycles. The van der Waals surface area contributed by atoms with Crippen LogP contribution >= 0.6 is 11.6 Å². The Bertz CT molecular complexity index is 646. The molecule has 0 aliphatic carbocycles. The molecule has 0 fully saturated rings. The molecule has 0 spiro atoms. The summed E-state index contributed by atoms with van der Waals surface area (Å²) in [6, 6.07) is 15.3. The number of halogens is 1. The van der Waals surface area contributed by atoms with Crippen molar-refractivity contribution < 1.29 is 0 Å². The smallest absolute Gasteiger partial charge is 0.101 e. The molecule has 0 radical (unpaired) electrons. The van der Waals surface area contributed by atoms with Crippen LogP contribution in [0.2, 0.25) is 5.02 Å². The van der Waals surface area contributed by atoms with E-state index in [1.165, 1.54) is 0 Å². The standard InChI is InChI=1S/C16H16ClN3/c1-2-20(11-13-5-3-4-6-15(13)19)16-9-14(17)8-7-12(16)10-18/h3-9H,2,11,19H2,1H3. The van der Waals surface area contributed by atoms with Gasteiger partial charge in [0.1, 0.15) is 6.07 Å². The van der Waals surface area contributed by atoms with Crippen molar-refractivity contribution in [1.82, 2.24) is 0 Å². The summed E-state index contributed by atoms with van der Waals surface area (Å²) >= 11 is 6.05. The SMILES string of the molecule is CCN(Cc1ccccc1N)c1cc(Cl)ccc1C#N. The van der Waals surface area contributed by atoms with Gasteiger partial charge >= 0.3 is 0 Å². The Morgan fingerprint density at radius 2 is 2.00 bits per heavy atom. The van der Waals surface area contributed by atoms with Gasteiger partial charge < -0.3 is 10.6 Å². The number of anilines is 2. The van der Waals surface area contributed by atoms with Gasteiger partial charge in [-0.1, -0.05) is 29.8 Å². The first-order chi connectivity index (χ1) is 9.65. The summed E-state index contributed by atoms with van der Waals surface area (Å²) in [5, 5.41) is 9.85. The summed E-state index contributed by atoms with van der Waals surface area (Å²) in [6.07, 6.45) is 0. The maximum Gasteiger partial charge on any atom is 0.101 e. The van der Waals surface area contributed by atoms with Crippen molar-refractivity contribution in [3.8, 4) is 6.07 Å². The Morgan fingerprint density at radius 1 is 1.25 bits per heavy atom. The molecule has 102 valence electrons. The average Bonchev–Trinajstić information content (AvgIpc) is 2.46. The fourth-order valence-corrected chi connectivity index (χ4v) is 2.28. The van der Waals surface area contributed by atoms with E-state index in [9.17, 15) is 5.26 Å². The molecular formula is C16H16ClN3. The van der Waals surface area contributed by atoms with Crippen molar-refractivity contribution in [2.75, 3.05) is 17.2 Å². The first kappa shape index (κ1) is 14.2. The molecule has 0 heterocycles. The Kier molecular flexibility index (Phi) is 4.49. The number of rotatable bonds is 4. The quantitative estimate of drug-likeness (QED) is 0.869. The minimum atomic E-state index is 0.616. The molecule has 0 aromatic heterocycles. The Hall–Kier alpha value is -2.18. The third-order valence-corrected chi connectivity index (χ3v) is 3.45. The summed E-state index contributed by atoms with van der Waals surface area (Å²) in [7, 11) is 0. The van der Waals surface area contributed by atoms with Crippen LogP contribution in [0.5, 0.6) is 0 Å². The van der Waals surface area contributed by atoms with Crippen LogP contribution in [0.3, 0.4) is 0 Å². The van der Waals surface area contributed by atoms with Crippen LogP contribution < -0.4 is 10.6 Å². The Balaban J connectivity index is 2.36.